The summed E-state index contributed by atoms with van der Waals surface area (Å²) in [6.07, 6.45) is 0.611. The molecule has 0 bridgehead atoms. The molecular formula is C28H39N3O7S. The van der Waals surface area contributed by atoms with Crippen LogP contribution < -0.4 is 16.4 Å². The van der Waals surface area contributed by atoms with Gasteiger partial charge in [0.05, 0.1) is 10.6 Å². The van der Waals surface area contributed by atoms with E-state index >= 15 is 0 Å². The monoisotopic (exact) mass is 561 g/mol. The second-order valence-corrected chi connectivity index (χ2v) is 12.8. The van der Waals surface area contributed by atoms with E-state index in [0.717, 1.165) is 0 Å². The van der Waals surface area contributed by atoms with Gasteiger partial charge in [-0.1, -0.05) is 18.2 Å². The predicted octanol–water partition coefficient (Wildman–Crippen LogP) is 4.06. The molecule has 0 aliphatic carbocycles. The van der Waals surface area contributed by atoms with Gasteiger partial charge in [-0.2, -0.15) is 0 Å². The maximum atomic E-state index is 13.1. The van der Waals surface area contributed by atoms with Crippen molar-refractivity contribution in [3.63, 3.8) is 0 Å². The Balaban J connectivity index is 2.03. The van der Waals surface area contributed by atoms with E-state index < -0.39 is 44.9 Å². The Morgan fingerprint density at radius 1 is 0.897 bits per heavy atom. The van der Waals surface area contributed by atoms with E-state index in [-0.39, 0.29) is 10.8 Å². The van der Waals surface area contributed by atoms with Crippen molar-refractivity contribution in [3.8, 4) is 0 Å². The zero-order chi connectivity index (χ0) is 29.3. The molecule has 2 amide bonds. The molecule has 2 aromatic carbocycles. The van der Waals surface area contributed by atoms with Crippen LogP contribution in [0.25, 0.3) is 0 Å². The minimum absolute atomic E-state index is 0.00529. The van der Waals surface area contributed by atoms with Crippen LogP contribution in [0.4, 0.5) is 10.5 Å². The van der Waals surface area contributed by atoms with Gasteiger partial charge in [-0.05, 0) is 96.8 Å². The summed E-state index contributed by atoms with van der Waals surface area (Å²) < 4.78 is 36.9. The first-order chi connectivity index (χ1) is 18.1. The third-order valence-corrected chi connectivity index (χ3v) is 7.41. The number of ether oxygens (including phenoxy) is 2. The summed E-state index contributed by atoms with van der Waals surface area (Å²) in [4.78, 5) is 37.6. The third-order valence-electron chi connectivity index (χ3n) is 5.34. The van der Waals surface area contributed by atoms with Gasteiger partial charge in [-0.3, -0.25) is 4.79 Å². The highest BCUT2D eigenvalue weighted by Gasteiger charge is 2.33. The predicted molar refractivity (Wildman–Crippen MR) is 149 cm³/mol. The van der Waals surface area contributed by atoms with Gasteiger partial charge in [0.2, 0.25) is 0 Å². The first-order valence-corrected chi connectivity index (χ1v) is 14.4. The Kier molecular flexibility index (Phi) is 11.1. The van der Waals surface area contributed by atoms with Crippen LogP contribution in [0.5, 0.6) is 0 Å². The number of hydrogen-bond donors (Lipinski definition) is 3. The summed E-state index contributed by atoms with van der Waals surface area (Å²) in [6, 6.07) is 13.4. The van der Waals surface area contributed by atoms with Crippen LogP contribution in [0, 0.1) is 0 Å². The first kappa shape index (κ1) is 31.8. The summed E-state index contributed by atoms with van der Waals surface area (Å²) in [7, 11) is -3.87. The highest BCUT2D eigenvalue weighted by Crippen LogP contribution is 2.22. The van der Waals surface area contributed by atoms with E-state index in [0.29, 0.717) is 37.1 Å². The molecule has 0 aliphatic rings. The number of unbranched alkanes of at least 4 members (excludes halogenated alkanes) is 1. The van der Waals surface area contributed by atoms with Crippen molar-refractivity contribution in [2.75, 3.05) is 17.6 Å². The number of alkyl carbamates (subject to hydrolysis) is 1. The lowest BCUT2D eigenvalue weighted by atomic mass is 10.1. The summed E-state index contributed by atoms with van der Waals surface area (Å²) in [6.45, 7) is 8.54. The molecule has 2 aromatic rings. The van der Waals surface area contributed by atoms with Crippen LogP contribution in [0.15, 0.2) is 59.5 Å². The highest BCUT2D eigenvalue weighted by atomic mass is 32.2. The van der Waals surface area contributed by atoms with Gasteiger partial charge in [0, 0.05) is 11.3 Å². The number of benzene rings is 2. The largest absolute Gasteiger partial charge is 0.458 e. The Morgan fingerprint density at radius 3 is 2.08 bits per heavy atom. The minimum Gasteiger partial charge on any atom is -0.458 e. The van der Waals surface area contributed by atoms with Crippen LogP contribution in [-0.2, 0) is 24.1 Å². The number of anilines is 1. The van der Waals surface area contributed by atoms with Gasteiger partial charge in [-0.15, -0.1) is 0 Å². The van der Waals surface area contributed by atoms with Gasteiger partial charge in [0.1, 0.15) is 17.2 Å². The number of carbonyl (C=O) groups excluding carboxylic acids is 3. The molecule has 0 spiro atoms. The van der Waals surface area contributed by atoms with E-state index in [1.807, 2.05) is 0 Å². The second-order valence-electron chi connectivity index (χ2n) is 10.8. The number of amides is 2. The van der Waals surface area contributed by atoms with Crippen LogP contribution in [0.2, 0.25) is 0 Å². The van der Waals surface area contributed by atoms with E-state index in [2.05, 4.69) is 10.6 Å². The molecule has 0 saturated heterocycles. The normalized spacial score (nSPS) is 12.8. The molecule has 0 radical (unpaired) electrons. The van der Waals surface area contributed by atoms with E-state index in [4.69, 9.17) is 15.2 Å². The molecule has 1 atom stereocenters. The third kappa shape index (κ3) is 11.1. The fourth-order valence-corrected chi connectivity index (χ4v) is 5.34. The molecule has 10 nitrogen and oxygen atoms in total. The lowest BCUT2D eigenvalue weighted by molar-refractivity contribution is -0.157. The zero-order valence-electron chi connectivity index (χ0n) is 23.2. The topological polar surface area (TPSA) is 154 Å². The Bertz CT molecular complexity index is 1220. The molecule has 4 N–H and O–H groups in total. The Labute approximate surface area is 230 Å². The molecule has 2 rings (SSSR count). The molecule has 0 heterocycles. The fraction of sp³-hybridized carbons (Fsp3) is 0.464. The number of carbonyl (C=O) groups is 3. The van der Waals surface area contributed by atoms with E-state index in [9.17, 15) is 22.8 Å². The summed E-state index contributed by atoms with van der Waals surface area (Å²) in [5.41, 5.74) is 4.27. The maximum absolute atomic E-state index is 13.1. The summed E-state index contributed by atoms with van der Waals surface area (Å²) in [5.74, 6) is -1.44. The molecule has 214 valence electrons. The van der Waals surface area contributed by atoms with Crippen molar-refractivity contribution >= 4 is 33.5 Å². The molecule has 11 heteroatoms. The van der Waals surface area contributed by atoms with Crippen LogP contribution in [0.3, 0.4) is 0 Å². The first-order valence-electron chi connectivity index (χ1n) is 12.7. The Hall–Kier alpha value is -3.44. The lowest BCUT2D eigenvalue weighted by Gasteiger charge is -2.28. The number of hydrogen-bond acceptors (Lipinski definition) is 8. The smallest absolute Gasteiger partial charge is 0.408 e. The molecule has 0 aromatic heterocycles. The lowest BCUT2D eigenvalue weighted by Crippen LogP contribution is -2.47. The van der Waals surface area contributed by atoms with E-state index in [1.165, 1.54) is 38.1 Å². The number of esters is 1. The van der Waals surface area contributed by atoms with Crippen LogP contribution in [0.1, 0.15) is 64.2 Å². The van der Waals surface area contributed by atoms with Crippen molar-refractivity contribution < 1.29 is 32.3 Å². The molecule has 0 unspecified atom stereocenters. The standard InChI is InChI=1S/C28H39N3O7S/c1-27(2,3)37-25(33)23(13-9-10-18-29)31-26(34)38-28(4,5)19-39(35,36)22-16-14-21(15-17-22)30-24(32)20-11-7-6-8-12-20/h6-8,11-12,14-17,23H,9-10,13,18-19,29H2,1-5H3,(H,30,32)(H,31,34)/t23-/m1/s1. The van der Waals surface area contributed by atoms with Crippen molar-refractivity contribution in [2.24, 2.45) is 5.73 Å². The highest BCUT2D eigenvalue weighted by molar-refractivity contribution is 7.91. The Morgan fingerprint density at radius 2 is 1.51 bits per heavy atom. The van der Waals surface area contributed by atoms with Crippen molar-refractivity contribution in [2.45, 2.75) is 76.0 Å². The van der Waals surface area contributed by atoms with Crippen molar-refractivity contribution in [1.82, 2.24) is 5.32 Å². The number of sulfone groups is 1. The zero-order valence-corrected chi connectivity index (χ0v) is 24.0. The molecule has 0 saturated carbocycles. The fourth-order valence-electron chi connectivity index (χ4n) is 3.65. The average molecular weight is 562 g/mol. The van der Waals surface area contributed by atoms with E-state index in [1.54, 1.807) is 51.1 Å². The minimum atomic E-state index is -3.87. The van der Waals surface area contributed by atoms with Crippen LogP contribution in [-0.4, -0.2) is 55.9 Å². The van der Waals surface area contributed by atoms with Gasteiger partial charge in [0.15, 0.2) is 9.84 Å². The summed E-state index contributed by atoms with van der Waals surface area (Å²) in [5, 5.41) is 5.22. The van der Waals surface area contributed by atoms with Crippen molar-refractivity contribution in [1.29, 1.82) is 0 Å². The van der Waals surface area contributed by atoms with Gasteiger partial charge >= 0.3 is 12.1 Å². The van der Waals surface area contributed by atoms with Crippen molar-refractivity contribution in [3.05, 3.63) is 60.2 Å². The average Bonchev–Trinajstić information content (AvgIpc) is 2.82. The number of nitrogens with one attached hydrogen (secondary N) is 2. The molecular weight excluding hydrogens is 522 g/mol. The SMILES string of the molecule is CC(C)(C)OC(=O)[C@@H](CCCCN)NC(=O)OC(C)(C)CS(=O)(=O)c1ccc(NC(=O)c2ccccc2)cc1. The summed E-state index contributed by atoms with van der Waals surface area (Å²) >= 11 is 0. The van der Waals surface area contributed by atoms with Gasteiger partial charge in [-0.25, -0.2) is 18.0 Å². The van der Waals surface area contributed by atoms with Crippen LogP contribution >= 0.6 is 0 Å². The maximum Gasteiger partial charge on any atom is 0.408 e. The van der Waals surface area contributed by atoms with Gasteiger partial charge in [0.25, 0.3) is 5.91 Å². The van der Waals surface area contributed by atoms with Gasteiger partial charge < -0.3 is 25.8 Å². The molecule has 0 aliphatic heterocycles. The molecule has 39 heavy (non-hydrogen) atoms. The second kappa shape index (κ2) is 13.6. The quantitative estimate of drug-likeness (QED) is 0.259. The number of nitrogens with two attached hydrogens (primary N) is 1. The number of rotatable bonds is 12. The molecule has 0 fully saturated rings.